The van der Waals surface area contributed by atoms with Gasteiger partial charge in [0.15, 0.2) is 0 Å². The van der Waals surface area contributed by atoms with E-state index in [0.717, 1.165) is 40.8 Å². The molecule has 0 saturated carbocycles. The molecule has 2 N–H and O–H groups in total. The Balaban J connectivity index is 2.55. The molecule has 0 amide bonds. The van der Waals surface area contributed by atoms with Gasteiger partial charge in [-0.2, -0.15) is 0 Å². The molecule has 0 fully saturated rings. The van der Waals surface area contributed by atoms with E-state index in [0.29, 0.717) is 5.69 Å². The molecule has 1 aromatic heterocycles. The smallest absolute Gasteiger partial charge is 0.334 e. The average molecular weight is 356 g/mol. The van der Waals surface area contributed by atoms with Crippen LogP contribution in [0.25, 0.3) is 0 Å². The zero-order valence-electron chi connectivity index (χ0n) is 16.4. The fraction of sp³-hybridized carbons (Fsp3) is 0.450. The second kappa shape index (κ2) is 8.17. The van der Waals surface area contributed by atoms with Gasteiger partial charge in [0.2, 0.25) is 5.82 Å². The molecule has 2 aromatic rings. The second-order valence-electron chi connectivity index (χ2n) is 6.83. The van der Waals surface area contributed by atoms with E-state index in [-0.39, 0.29) is 22.5 Å². The number of rotatable bonds is 7. The van der Waals surface area contributed by atoms with Crippen molar-refractivity contribution in [1.29, 1.82) is 0 Å². The molecule has 0 saturated heterocycles. The lowest BCUT2D eigenvalue weighted by Gasteiger charge is -2.20. The number of pyridine rings is 1. The summed E-state index contributed by atoms with van der Waals surface area (Å²) >= 11 is 0. The third-order valence-corrected chi connectivity index (χ3v) is 4.68. The van der Waals surface area contributed by atoms with Crippen LogP contribution in [-0.2, 0) is 0 Å². The van der Waals surface area contributed by atoms with Crippen LogP contribution in [0.5, 0.6) is 0 Å². The second-order valence-corrected chi connectivity index (χ2v) is 6.83. The van der Waals surface area contributed by atoms with E-state index in [1.165, 1.54) is 0 Å². The van der Waals surface area contributed by atoms with Gasteiger partial charge >= 0.3 is 5.69 Å². The van der Waals surface area contributed by atoms with E-state index in [4.69, 9.17) is 0 Å². The average Bonchev–Trinajstić information content (AvgIpc) is 2.57. The van der Waals surface area contributed by atoms with Crippen LogP contribution < -0.4 is 10.6 Å². The number of hydrogen-bond acceptors (Lipinski definition) is 5. The molecule has 0 atom stereocenters. The molecule has 26 heavy (non-hydrogen) atoms. The summed E-state index contributed by atoms with van der Waals surface area (Å²) in [7, 11) is 0. The van der Waals surface area contributed by atoms with Gasteiger partial charge in [-0.25, -0.2) is 4.98 Å². The monoisotopic (exact) mass is 356 g/mol. The minimum Gasteiger partial charge on any atom is -0.376 e. The molecule has 0 aliphatic rings. The highest BCUT2D eigenvalue weighted by molar-refractivity contribution is 5.80. The van der Waals surface area contributed by atoms with Crippen LogP contribution >= 0.6 is 0 Å². The van der Waals surface area contributed by atoms with Crippen LogP contribution in [0.4, 0.5) is 22.9 Å². The lowest BCUT2D eigenvalue weighted by Crippen LogP contribution is -2.19. The summed E-state index contributed by atoms with van der Waals surface area (Å²) in [5.41, 5.74) is 5.41. The SMILES string of the molecule is CCC(CC)Nc1c(C)cnc(Nc2c(C)cc(C)cc2C)c1[N+](=O)[O-]. The summed E-state index contributed by atoms with van der Waals surface area (Å²) in [6.07, 6.45) is 3.47. The van der Waals surface area contributed by atoms with E-state index >= 15 is 0 Å². The zero-order valence-corrected chi connectivity index (χ0v) is 16.4. The highest BCUT2D eigenvalue weighted by atomic mass is 16.6. The van der Waals surface area contributed by atoms with Gasteiger partial charge < -0.3 is 10.6 Å². The van der Waals surface area contributed by atoms with Crippen molar-refractivity contribution in [3.8, 4) is 0 Å². The zero-order chi connectivity index (χ0) is 19.4. The van der Waals surface area contributed by atoms with Gasteiger partial charge in [0.05, 0.1) is 4.92 Å². The topological polar surface area (TPSA) is 80.1 Å². The summed E-state index contributed by atoms with van der Waals surface area (Å²) in [5, 5.41) is 18.4. The summed E-state index contributed by atoms with van der Waals surface area (Å²) in [6, 6.07) is 4.29. The number of anilines is 3. The number of nitrogens with one attached hydrogen (secondary N) is 2. The van der Waals surface area contributed by atoms with Gasteiger partial charge in [0.25, 0.3) is 0 Å². The molecule has 6 nitrogen and oxygen atoms in total. The predicted octanol–water partition coefficient (Wildman–Crippen LogP) is 5.57. The Labute approximate surface area is 155 Å². The van der Waals surface area contributed by atoms with Crippen molar-refractivity contribution in [2.24, 2.45) is 0 Å². The van der Waals surface area contributed by atoms with Crippen LogP contribution in [0.1, 0.15) is 48.9 Å². The van der Waals surface area contributed by atoms with Crippen LogP contribution in [0.3, 0.4) is 0 Å². The molecule has 0 bridgehead atoms. The normalized spacial score (nSPS) is 10.9. The first kappa shape index (κ1) is 19.7. The maximum Gasteiger partial charge on any atom is 0.334 e. The van der Waals surface area contributed by atoms with Crippen LogP contribution in [0.15, 0.2) is 18.3 Å². The number of nitro groups is 1. The molecule has 1 heterocycles. The summed E-state index contributed by atoms with van der Waals surface area (Å²) < 4.78 is 0. The molecular weight excluding hydrogens is 328 g/mol. The Kier molecular flexibility index (Phi) is 6.18. The molecule has 140 valence electrons. The minimum absolute atomic E-state index is 0.00345. The molecule has 1 aromatic carbocycles. The minimum atomic E-state index is -0.355. The Bertz CT molecular complexity index is 791. The van der Waals surface area contributed by atoms with E-state index in [1.807, 2.05) is 27.7 Å². The van der Waals surface area contributed by atoms with Crippen LogP contribution in [0.2, 0.25) is 0 Å². The maximum atomic E-state index is 11.9. The van der Waals surface area contributed by atoms with Crippen LogP contribution in [0, 0.1) is 37.8 Å². The number of aryl methyl sites for hydroxylation is 4. The maximum absolute atomic E-state index is 11.9. The lowest BCUT2D eigenvalue weighted by molar-refractivity contribution is -0.383. The molecular formula is C20H28N4O2. The number of nitrogens with zero attached hydrogens (tertiary/aromatic N) is 2. The first-order valence-corrected chi connectivity index (χ1v) is 9.03. The number of aromatic nitrogens is 1. The first-order valence-electron chi connectivity index (χ1n) is 9.03. The van der Waals surface area contributed by atoms with Gasteiger partial charge in [-0.3, -0.25) is 10.1 Å². The molecule has 0 radical (unpaired) electrons. The fourth-order valence-corrected chi connectivity index (χ4v) is 3.24. The van der Waals surface area contributed by atoms with Crippen molar-refractivity contribution in [1.82, 2.24) is 4.98 Å². The van der Waals surface area contributed by atoms with E-state index in [1.54, 1.807) is 6.20 Å². The molecule has 0 aliphatic carbocycles. The lowest BCUT2D eigenvalue weighted by atomic mass is 10.0. The molecule has 6 heteroatoms. The Morgan fingerprint density at radius 1 is 1.04 bits per heavy atom. The number of hydrogen-bond donors (Lipinski definition) is 2. The Hall–Kier alpha value is -2.63. The highest BCUT2D eigenvalue weighted by Crippen LogP contribution is 2.37. The fourth-order valence-electron chi connectivity index (χ4n) is 3.24. The van der Waals surface area contributed by atoms with E-state index in [2.05, 4.69) is 41.6 Å². The van der Waals surface area contributed by atoms with Gasteiger partial charge in [-0.1, -0.05) is 31.5 Å². The summed E-state index contributed by atoms with van der Waals surface area (Å²) in [6.45, 7) is 12.0. The van der Waals surface area contributed by atoms with Crippen molar-refractivity contribution >= 4 is 22.9 Å². The first-order chi connectivity index (χ1) is 12.3. The van der Waals surface area contributed by atoms with Gasteiger partial charge in [-0.05, 0) is 57.2 Å². The van der Waals surface area contributed by atoms with Crippen molar-refractivity contribution < 1.29 is 4.92 Å². The van der Waals surface area contributed by atoms with Crippen molar-refractivity contribution in [2.75, 3.05) is 10.6 Å². The quantitative estimate of drug-likeness (QED) is 0.501. The van der Waals surface area contributed by atoms with Crippen LogP contribution in [-0.4, -0.2) is 15.9 Å². The molecule has 0 unspecified atom stereocenters. The van der Waals surface area contributed by atoms with Gasteiger partial charge in [0, 0.05) is 17.9 Å². The molecule has 2 rings (SSSR count). The Morgan fingerprint density at radius 3 is 2.12 bits per heavy atom. The third-order valence-electron chi connectivity index (χ3n) is 4.68. The van der Waals surface area contributed by atoms with E-state index < -0.39 is 0 Å². The standard InChI is InChI=1S/C20H28N4O2/c1-7-16(8-2)22-18-15(6)11-21-20(19(18)24(25)26)23-17-13(4)9-12(3)10-14(17)5/h9-11,16H,7-8H2,1-6H3,(H2,21,22,23). The molecule has 0 aliphatic heterocycles. The third kappa shape index (κ3) is 4.12. The van der Waals surface area contributed by atoms with Crippen molar-refractivity contribution in [3.05, 3.63) is 50.7 Å². The highest BCUT2D eigenvalue weighted by Gasteiger charge is 2.25. The summed E-state index contributed by atoms with van der Waals surface area (Å²) in [5.74, 6) is 0.268. The van der Waals surface area contributed by atoms with Gasteiger partial charge in [0.1, 0.15) is 5.69 Å². The Morgan fingerprint density at radius 2 is 1.62 bits per heavy atom. The summed E-state index contributed by atoms with van der Waals surface area (Å²) in [4.78, 5) is 15.8. The van der Waals surface area contributed by atoms with Crippen molar-refractivity contribution in [3.63, 3.8) is 0 Å². The van der Waals surface area contributed by atoms with Crippen molar-refractivity contribution in [2.45, 2.75) is 60.4 Å². The molecule has 0 spiro atoms. The largest absolute Gasteiger partial charge is 0.376 e. The number of benzene rings is 1. The van der Waals surface area contributed by atoms with Gasteiger partial charge in [-0.15, -0.1) is 0 Å². The van der Waals surface area contributed by atoms with E-state index in [9.17, 15) is 10.1 Å². The predicted molar refractivity (Wildman–Crippen MR) is 108 cm³/mol.